The molecule has 1 aliphatic heterocycles. The minimum atomic E-state index is -1.13. The third-order valence-electron chi connectivity index (χ3n) is 4.66. The van der Waals surface area contributed by atoms with E-state index in [-0.39, 0.29) is 16.7 Å². The first-order valence-electron chi connectivity index (χ1n) is 9.05. The van der Waals surface area contributed by atoms with E-state index in [1.807, 2.05) is 39.8 Å². The summed E-state index contributed by atoms with van der Waals surface area (Å²) in [4.78, 5) is 14.7. The van der Waals surface area contributed by atoms with Crippen LogP contribution in [-0.2, 0) is 17.8 Å². The fraction of sp³-hybridized carbons (Fsp3) is 0.381. The van der Waals surface area contributed by atoms with E-state index in [1.165, 1.54) is 0 Å². The maximum Gasteiger partial charge on any atom is 0.258 e. The molecule has 3 rings (SSSR count). The number of anilines is 1. The summed E-state index contributed by atoms with van der Waals surface area (Å²) in [6.45, 7) is 8.51. The third-order valence-corrected chi connectivity index (χ3v) is 6.57. The van der Waals surface area contributed by atoms with Crippen molar-refractivity contribution in [3.63, 3.8) is 0 Å². The van der Waals surface area contributed by atoms with Crippen LogP contribution in [0.2, 0.25) is 5.02 Å². The first-order chi connectivity index (χ1) is 12.7. The Bertz CT molecular complexity index is 850. The van der Waals surface area contributed by atoms with Crippen LogP contribution in [0.5, 0.6) is 0 Å². The van der Waals surface area contributed by atoms with E-state index in [4.69, 9.17) is 11.6 Å². The number of amides is 1. The second-order valence-electron chi connectivity index (χ2n) is 7.83. The monoisotopic (exact) mass is 404 g/mol. The summed E-state index contributed by atoms with van der Waals surface area (Å²) in [5.74, 6) is -0.0380. The van der Waals surface area contributed by atoms with Crippen molar-refractivity contribution in [2.24, 2.45) is 0 Å². The van der Waals surface area contributed by atoms with Crippen molar-refractivity contribution in [3.05, 3.63) is 64.2 Å². The van der Waals surface area contributed by atoms with Crippen molar-refractivity contribution in [1.82, 2.24) is 4.72 Å². The van der Waals surface area contributed by atoms with Crippen LogP contribution in [0.1, 0.15) is 55.2 Å². The molecule has 144 valence electrons. The first kappa shape index (κ1) is 20.2. The normalized spacial score (nSPS) is 16.1. The molecule has 0 aliphatic carbocycles. The van der Waals surface area contributed by atoms with Gasteiger partial charge in [0, 0.05) is 34.2 Å². The molecule has 1 amide bonds. The third kappa shape index (κ3) is 4.49. The van der Waals surface area contributed by atoms with Gasteiger partial charge in [0.2, 0.25) is 0 Å². The molecule has 4 nitrogen and oxygen atoms in total. The minimum absolute atomic E-state index is 0.0342. The molecule has 0 fully saturated rings. The highest BCUT2D eigenvalue weighted by molar-refractivity contribution is 7.90. The van der Waals surface area contributed by atoms with E-state index in [1.54, 1.807) is 29.2 Å². The zero-order valence-corrected chi connectivity index (χ0v) is 17.7. The van der Waals surface area contributed by atoms with Gasteiger partial charge in [-0.1, -0.05) is 29.8 Å². The quantitative estimate of drug-likeness (QED) is 0.754. The lowest BCUT2D eigenvalue weighted by atomic mass is 10.0. The molecule has 1 aliphatic rings. The highest BCUT2D eigenvalue weighted by Crippen LogP contribution is 2.32. The molecule has 1 heterocycles. The predicted octanol–water partition coefficient (Wildman–Crippen LogP) is 4.66. The zero-order valence-electron chi connectivity index (χ0n) is 16.1. The summed E-state index contributed by atoms with van der Waals surface area (Å²) in [6.07, 6.45) is 0.810. The second-order valence-corrected chi connectivity index (χ2v) is 10.3. The molecule has 0 bridgehead atoms. The molecule has 0 saturated heterocycles. The van der Waals surface area contributed by atoms with Crippen LogP contribution in [0.3, 0.4) is 0 Å². The van der Waals surface area contributed by atoms with Gasteiger partial charge in [-0.15, -0.1) is 4.72 Å². The summed E-state index contributed by atoms with van der Waals surface area (Å²) < 4.78 is 15.2. The van der Waals surface area contributed by atoms with Gasteiger partial charge < -0.3 is 9.45 Å². The van der Waals surface area contributed by atoms with Crippen LogP contribution < -0.4 is 9.62 Å². The van der Waals surface area contributed by atoms with Crippen molar-refractivity contribution in [2.75, 3.05) is 11.4 Å². The smallest absolute Gasteiger partial charge is 0.258 e. The van der Waals surface area contributed by atoms with Crippen molar-refractivity contribution in [1.29, 1.82) is 0 Å². The Morgan fingerprint density at radius 3 is 2.67 bits per heavy atom. The molecular formula is C21H25ClN2O2S. The van der Waals surface area contributed by atoms with E-state index >= 15 is 0 Å². The Morgan fingerprint density at radius 2 is 2.00 bits per heavy atom. The zero-order chi connectivity index (χ0) is 19.8. The summed E-state index contributed by atoms with van der Waals surface area (Å²) in [5, 5.41) is 0.558. The van der Waals surface area contributed by atoms with Gasteiger partial charge in [0.25, 0.3) is 5.91 Å². The lowest BCUT2D eigenvalue weighted by Gasteiger charge is -2.27. The van der Waals surface area contributed by atoms with Crippen molar-refractivity contribution >= 4 is 34.6 Å². The van der Waals surface area contributed by atoms with Gasteiger partial charge in [0.15, 0.2) is 0 Å². The van der Waals surface area contributed by atoms with Crippen LogP contribution in [0, 0.1) is 0 Å². The van der Waals surface area contributed by atoms with Gasteiger partial charge in [-0.3, -0.25) is 4.79 Å². The van der Waals surface area contributed by atoms with E-state index in [0.29, 0.717) is 17.1 Å². The fourth-order valence-corrected chi connectivity index (χ4v) is 4.09. The van der Waals surface area contributed by atoms with Crippen molar-refractivity contribution in [3.8, 4) is 0 Å². The standard InChI is InChI=1S/C21H25ClN2O2S/c1-14(23-27(26)21(2,3)4)15-8-9-19-16(12-15)10-11-24(19)20(25)17-6-5-7-18(22)13-17/h5-9,12-14,23H,10-11H2,1-4H3/t14-,27-/m1/s1. The van der Waals surface area contributed by atoms with E-state index < -0.39 is 11.4 Å². The Hall–Kier alpha value is -1.53. The summed E-state index contributed by atoms with van der Waals surface area (Å²) in [6, 6.07) is 13.1. The van der Waals surface area contributed by atoms with Crippen LogP contribution in [-0.4, -0.2) is 21.8 Å². The fourth-order valence-electron chi connectivity index (χ4n) is 3.08. The van der Waals surface area contributed by atoms with Crippen LogP contribution in [0.4, 0.5) is 5.69 Å². The number of halogens is 1. The SMILES string of the molecule is C[C@@H](N[S@+]([O-])C(C)(C)C)c1ccc2c(c1)CCN2C(=O)c1cccc(Cl)c1. The largest absolute Gasteiger partial charge is 0.598 e. The number of benzene rings is 2. The molecule has 0 spiro atoms. The Balaban J connectivity index is 1.78. The molecular weight excluding hydrogens is 380 g/mol. The van der Waals surface area contributed by atoms with Gasteiger partial charge in [0.1, 0.15) is 4.75 Å². The van der Waals surface area contributed by atoms with Gasteiger partial charge in [0.05, 0.1) is 6.04 Å². The number of nitrogens with zero attached hydrogens (tertiary/aromatic N) is 1. The van der Waals surface area contributed by atoms with Crippen LogP contribution >= 0.6 is 11.6 Å². The maximum atomic E-state index is 12.9. The highest BCUT2D eigenvalue weighted by Gasteiger charge is 2.30. The van der Waals surface area contributed by atoms with Crippen LogP contribution in [0.15, 0.2) is 42.5 Å². The molecule has 6 heteroatoms. The predicted molar refractivity (Wildman–Crippen MR) is 113 cm³/mol. The molecule has 2 atom stereocenters. The van der Waals surface area contributed by atoms with Gasteiger partial charge in [-0.2, -0.15) is 0 Å². The van der Waals surface area contributed by atoms with Crippen molar-refractivity contribution in [2.45, 2.75) is 44.9 Å². The molecule has 2 aromatic carbocycles. The topological polar surface area (TPSA) is 55.4 Å². The lowest BCUT2D eigenvalue weighted by molar-refractivity contribution is 0.0989. The molecule has 2 aromatic rings. The first-order valence-corrected chi connectivity index (χ1v) is 10.6. The van der Waals surface area contributed by atoms with E-state index in [0.717, 1.165) is 23.2 Å². The van der Waals surface area contributed by atoms with E-state index in [2.05, 4.69) is 10.8 Å². The highest BCUT2D eigenvalue weighted by atomic mass is 35.5. The average molecular weight is 405 g/mol. The number of carbonyl (C=O) groups excluding carboxylic acids is 1. The summed E-state index contributed by atoms with van der Waals surface area (Å²) >= 11 is 4.89. The Morgan fingerprint density at radius 1 is 1.26 bits per heavy atom. The lowest BCUT2D eigenvalue weighted by Crippen LogP contribution is -2.40. The number of carbonyl (C=O) groups is 1. The number of hydrogen-bond donors (Lipinski definition) is 1. The van der Waals surface area contributed by atoms with Gasteiger partial charge >= 0.3 is 0 Å². The van der Waals surface area contributed by atoms with Gasteiger partial charge in [-0.25, -0.2) is 0 Å². The number of nitrogens with one attached hydrogen (secondary N) is 1. The van der Waals surface area contributed by atoms with Gasteiger partial charge in [-0.05, 0) is 69.5 Å². The van der Waals surface area contributed by atoms with Crippen molar-refractivity contribution < 1.29 is 9.35 Å². The summed E-state index contributed by atoms with van der Waals surface area (Å²) in [7, 11) is 0. The maximum absolute atomic E-state index is 12.9. The van der Waals surface area contributed by atoms with E-state index in [9.17, 15) is 9.35 Å². The Kier molecular flexibility index (Phi) is 5.87. The molecule has 0 aromatic heterocycles. The molecule has 1 N–H and O–H groups in total. The molecule has 27 heavy (non-hydrogen) atoms. The summed E-state index contributed by atoms with van der Waals surface area (Å²) in [5.41, 5.74) is 3.74. The minimum Gasteiger partial charge on any atom is -0.598 e. The molecule has 0 radical (unpaired) electrons. The Labute approximate surface area is 169 Å². The average Bonchev–Trinajstić information content (AvgIpc) is 3.03. The molecule has 0 saturated carbocycles. The number of fused-ring (bicyclic) bond motifs is 1. The number of hydrogen-bond acceptors (Lipinski definition) is 3. The molecule has 0 unspecified atom stereocenters. The number of rotatable bonds is 4. The second kappa shape index (κ2) is 7.84. The van der Waals surface area contributed by atoms with Crippen LogP contribution in [0.25, 0.3) is 0 Å².